The lowest BCUT2D eigenvalue weighted by Crippen LogP contribution is -2.53. The normalized spacial score (nSPS) is 23.3. The quantitative estimate of drug-likeness (QED) is 0.815. The smallest absolute Gasteiger partial charge is 0.257 e. The van der Waals surface area contributed by atoms with Crippen molar-refractivity contribution in [1.82, 2.24) is 29.5 Å². The first-order valence-corrected chi connectivity index (χ1v) is 10.2. The Morgan fingerprint density at radius 1 is 1.18 bits per heavy atom. The number of carbonyl (C=O) groups excluding carboxylic acids is 1. The lowest BCUT2D eigenvalue weighted by Gasteiger charge is -2.48. The summed E-state index contributed by atoms with van der Waals surface area (Å²) in [6.45, 7) is 8.51. The fourth-order valence-corrected chi connectivity index (χ4v) is 4.91. The average molecular weight is 383 g/mol. The van der Waals surface area contributed by atoms with Crippen molar-refractivity contribution in [3.63, 3.8) is 0 Å². The lowest BCUT2D eigenvalue weighted by molar-refractivity contribution is 0.0106. The zero-order valence-corrected chi connectivity index (χ0v) is 17.2. The Hall–Kier alpha value is -2.28. The van der Waals surface area contributed by atoms with E-state index in [2.05, 4.69) is 26.0 Å². The second kappa shape index (κ2) is 7.62. The number of amides is 1. The maximum atomic E-state index is 13.2. The highest BCUT2D eigenvalue weighted by Crippen LogP contribution is 2.39. The number of carbonyl (C=O) groups is 1. The highest BCUT2D eigenvalue weighted by atomic mass is 16.2. The van der Waals surface area contributed by atoms with E-state index in [4.69, 9.17) is 0 Å². The number of likely N-dealkylation sites (tertiary alicyclic amines) is 2. The third-order valence-corrected chi connectivity index (χ3v) is 6.33. The molecule has 1 unspecified atom stereocenters. The van der Waals surface area contributed by atoms with Crippen LogP contribution in [0.2, 0.25) is 0 Å². The summed E-state index contributed by atoms with van der Waals surface area (Å²) in [6.07, 6.45) is 8.20. The fraction of sp³-hybridized carbons (Fsp3) is 0.619. The van der Waals surface area contributed by atoms with Crippen molar-refractivity contribution in [3.8, 4) is 0 Å². The maximum Gasteiger partial charge on any atom is 0.257 e. The van der Waals surface area contributed by atoms with E-state index < -0.39 is 0 Å². The Morgan fingerprint density at radius 3 is 2.68 bits per heavy atom. The SMILES string of the molecule is Cc1ncc(C(=O)N2CCCC3(CCCN(Cc4ccnn4C)C3)C2)c(C)n1. The largest absolute Gasteiger partial charge is 0.338 e. The van der Waals surface area contributed by atoms with E-state index in [0.29, 0.717) is 11.4 Å². The second-order valence-corrected chi connectivity index (χ2v) is 8.51. The van der Waals surface area contributed by atoms with Crippen LogP contribution in [-0.2, 0) is 13.6 Å². The van der Waals surface area contributed by atoms with Crippen LogP contribution in [0, 0.1) is 19.3 Å². The molecule has 1 atom stereocenters. The number of aromatic nitrogens is 4. The van der Waals surface area contributed by atoms with E-state index in [0.717, 1.165) is 44.8 Å². The van der Waals surface area contributed by atoms with Crippen molar-refractivity contribution >= 4 is 5.91 Å². The Kier molecular flexibility index (Phi) is 5.19. The van der Waals surface area contributed by atoms with E-state index in [1.807, 2.05) is 36.7 Å². The summed E-state index contributed by atoms with van der Waals surface area (Å²) in [7, 11) is 2.00. The molecule has 0 radical (unpaired) electrons. The predicted molar refractivity (Wildman–Crippen MR) is 107 cm³/mol. The molecule has 2 aromatic heterocycles. The van der Waals surface area contributed by atoms with Crippen LogP contribution in [0.1, 0.15) is 53.3 Å². The molecular weight excluding hydrogens is 352 g/mol. The molecule has 0 bridgehead atoms. The first kappa shape index (κ1) is 19.1. The van der Waals surface area contributed by atoms with Gasteiger partial charge in [0.2, 0.25) is 0 Å². The Morgan fingerprint density at radius 2 is 1.96 bits per heavy atom. The van der Waals surface area contributed by atoms with Gasteiger partial charge in [0.25, 0.3) is 5.91 Å². The van der Waals surface area contributed by atoms with Gasteiger partial charge >= 0.3 is 0 Å². The van der Waals surface area contributed by atoms with Gasteiger partial charge in [-0.3, -0.25) is 14.4 Å². The monoisotopic (exact) mass is 382 g/mol. The van der Waals surface area contributed by atoms with Gasteiger partial charge in [-0.25, -0.2) is 9.97 Å². The molecule has 4 rings (SSSR count). The molecule has 0 N–H and O–H groups in total. The summed E-state index contributed by atoms with van der Waals surface area (Å²) < 4.78 is 1.96. The topological polar surface area (TPSA) is 67.2 Å². The van der Waals surface area contributed by atoms with Gasteiger partial charge in [-0.15, -0.1) is 0 Å². The van der Waals surface area contributed by atoms with E-state index in [-0.39, 0.29) is 11.3 Å². The molecule has 150 valence electrons. The summed E-state index contributed by atoms with van der Waals surface area (Å²) in [5.41, 5.74) is 2.86. The maximum absolute atomic E-state index is 13.2. The van der Waals surface area contributed by atoms with Gasteiger partial charge in [-0.05, 0) is 52.1 Å². The van der Waals surface area contributed by atoms with Crippen LogP contribution in [0.4, 0.5) is 0 Å². The molecule has 2 aromatic rings. The van der Waals surface area contributed by atoms with Crippen molar-refractivity contribution in [2.24, 2.45) is 12.5 Å². The Balaban J connectivity index is 1.47. The van der Waals surface area contributed by atoms with Crippen molar-refractivity contribution in [3.05, 3.63) is 41.2 Å². The summed E-state index contributed by atoms with van der Waals surface area (Å²) in [5, 5.41) is 4.29. The minimum Gasteiger partial charge on any atom is -0.338 e. The summed E-state index contributed by atoms with van der Waals surface area (Å²) in [6, 6.07) is 2.10. The lowest BCUT2D eigenvalue weighted by atomic mass is 9.73. The van der Waals surface area contributed by atoms with Gasteiger partial charge in [0.1, 0.15) is 5.82 Å². The summed E-state index contributed by atoms with van der Waals surface area (Å²) in [4.78, 5) is 26.4. The van der Waals surface area contributed by atoms with E-state index in [1.165, 1.54) is 25.0 Å². The Bertz CT molecular complexity index is 858. The van der Waals surface area contributed by atoms with Crippen LogP contribution in [0.25, 0.3) is 0 Å². The van der Waals surface area contributed by atoms with Gasteiger partial charge in [-0.2, -0.15) is 5.10 Å². The van der Waals surface area contributed by atoms with Crippen molar-refractivity contribution in [1.29, 1.82) is 0 Å². The van der Waals surface area contributed by atoms with Crippen LogP contribution in [-0.4, -0.2) is 61.6 Å². The third kappa shape index (κ3) is 3.81. The highest BCUT2D eigenvalue weighted by Gasteiger charge is 2.40. The zero-order chi connectivity index (χ0) is 19.7. The van der Waals surface area contributed by atoms with Gasteiger partial charge in [0.05, 0.1) is 17.0 Å². The van der Waals surface area contributed by atoms with E-state index >= 15 is 0 Å². The molecule has 4 heterocycles. The fourth-order valence-electron chi connectivity index (χ4n) is 4.91. The van der Waals surface area contributed by atoms with Crippen molar-refractivity contribution < 1.29 is 4.79 Å². The van der Waals surface area contributed by atoms with Gasteiger partial charge in [-0.1, -0.05) is 0 Å². The molecule has 0 saturated carbocycles. The third-order valence-electron chi connectivity index (χ3n) is 6.33. The second-order valence-electron chi connectivity index (χ2n) is 8.51. The van der Waals surface area contributed by atoms with Gasteiger partial charge in [0, 0.05) is 51.0 Å². The molecular formula is C21H30N6O. The number of rotatable bonds is 3. The first-order valence-electron chi connectivity index (χ1n) is 10.2. The number of piperidine rings is 2. The molecule has 1 spiro atoms. The van der Waals surface area contributed by atoms with E-state index in [9.17, 15) is 4.79 Å². The molecule has 7 heteroatoms. The highest BCUT2D eigenvalue weighted by molar-refractivity contribution is 5.95. The number of hydrogen-bond donors (Lipinski definition) is 0. The van der Waals surface area contributed by atoms with Gasteiger partial charge in [0.15, 0.2) is 0 Å². The standard InChI is InChI=1S/C21H30N6O/c1-16-19(12-22-17(2)24-16)20(28)27-11-5-8-21(15-27)7-4-10-26(14-21)13-18-6-9-23-25(18)3/h6,9,12H,4-5,7-8,10-11,13-15H2,1-3H3. The average Bonchev–Trinajstić information content (AvgIpc) is 3.06. The predicted octanol–water partition coefficient (Wildman–Crippen LogP) is 2.35. The summed E-state index contributed by atoms with van der Waals surface area (Å²) >= 11 is 0. The summed E-state index contributed by atoms with van der Waals surface area (Å²) in [5.74, 6) is 0.794. The Labute approximate surface area is 166 Å². The molecule has 2 aliphatic rings. The number of aryl methyl sites for hydroxylation is 3. The van der Waals surface area contributed by atoms with Crippen LogP contribution < -0.4 is 0 Å². The number of hydrogen-bond acceptors (Lipinski definition) is 5. The van der Waals surface area contributed by atoms with Crippen LogP contribution in [0.15, 0.2) is 18.5 Å². The minimum absolute atomic E-state index is 0.0836. The van der Waals surface area contributed by atoms with Crippen LogP contribution >= 0.6 is 0 Å². The molecule has 2 saturated heterocycles. The van der Waals surface area contributed by atoms with Gasteiger partial charge < -0.3 is 4.90 Å². The zero-order valence-electron chi connectivity index (χ0n) is 17.2. The molecule has 7 nitrogen and oxygen atoms in total. The number of nitrogens with zero attached hydrogens (tertiary/aromatic N) is 6. The van der Waals surface area contributed by atoms with Crippen molar-refractivity contribution in [2.45, 2.75) is 46.1 Å². The molecule has 0 aliphatic carbocycles. The molecule has 1 amide bonds. The minimum atomic E-state index is 0.0836. The molecule has 0 aromatic carbocycles. The van der Waals surface area contributed by atoms with E-state index in [1.54, 1.807) is 6.20 Å². The van der Waals surface area contributed by atoms with Crippen LogP contribution in [0.3, 0.4) is 0 Å². The molecule has 28 heavy (non-hydrogen) atoms. The van der Waals surface area contributed by atoms with Crippen LogP contribution in [0.5, 0.6) is 0 Å². The molecule has 2 fully saturated rings. The van der Waals surface area contributed by atoms with Crippen molar-refractivity contribution in [2.75, 3.05) is 26.2 Å². The molecule has 2 aliphatic heterocycles. The first-order chi connectivity index (χ1) is 13.5.